The molecule has 1 aliphatic heterocycles. The molecule has 5 nitrogen and oxygen atoms in total. The fraction of sp³-hybridized carbons (Fsp3) is 0.125. The smallest absolute Gasteiger partial charge is 0.276 e. The average Bonchev–Trinajstić information content (AvgIpc) is 3.00. The fourth-order valence-corrected chi connectivity index (χ4v) is 2.99. The van der Waals surface area contributed by atoms with E-state index in [1.165, 1.54) is 29.3 Å². The maximum Gasteiger partial charge on any atom is 0.409 e. The predicted molar refractivity (Wildman–Crippen MR) is 87.7 cm³/mol. The van der Waals surface area contributed by atoms with Gasteiger partial charge in [-0.05, 0) is 35.9 Å². The molecule has 1 aliphatic rings. The van der Waals surface area contributed by atoms with Crippen molar-refractivity contribution in [1.82, 2.24) is 5.43 Å². The Morgan fingerprint density at radius 3 is 2.12 bits per heavy atom. The molecule has 9 heteroatoms. The highest BCUT2D eigenvalue weighted by Gasteiger charge is 2.43. The first kappa shape index (κ1) is 17.5. The van der Waals surface area contributed by atoms with Crippen molar-refractivity contribution in [2.75, 3.05) is 5.01 Å². The van der Waals surface area contributed by atoms with Crippen LogP contribution < -0.4 is 15.6 Å². The van der Waals surface area contributed by atoms with Gasteiger partial charge in [0, 0.05) is 0 Å². The molecule has 1 unspecified atom stereocenters. The topological polar surface area (TPSA) is 75.4 Å². The highest BCUT2D eigenvalue weighted by atomic mass is 32.2. The van der Waals surface area contributed by atoms with Gasteiger partial charge in [-0.15, -0.1) is 0 Å². The quantitative estimate of drug-likeness (QED) is 0.872. The molecule has 0 saturated heterocycles. The van der Waals surface area contributed by atoms with Crippen molar-refractivity contribution in [3.8, 4) is 0 Å². The molecule has 3 rings (SSSR count). The third-order valence-corrected chi connectivity index (χ3v) is 4.61. The molecule has 2 aromatic carbocycles. The van der Waals surface area contributed by atoms with E-state index in [0.29, 0.717) is 11.3 Å². The Bertz CT molecular complexity index is 894. The van der Waals surface area contributed by atoms with Crippen molar-refractivity contribution in [2.45, 2.75) is 17.1 Å². The van der Waals surface area contributed by atoms with Crippen LogP contribution in [0, 0.1) is 0 Å². The summed E-state index contributed by atoms with van der Waals surface area (Å²) in [6, 6.07) is 12.0. The summed E-state index contributed by atoms with van der Waals surface area (Å²) >= 11 is 0. The Labute approximate surface area is 142 Å². The lowest BCUT2D eigenvalue weighted by Gasteiger charge is -2.25. The Balaban J connectivity index is 2.02. The Kier molecular flexibility index (Phi) is 4.31. The SMILES string of the molecule is NS(=O)(=O)c1ccc(C2=CC(C(F)(F)F)NN2c2ccccc2)cc1. The van der Waals surface area contributed by atoms with E-state index in [1.54, 1.807) is 30.3 Å². The molecule has 0 radical (unpaired) electrons. The summed E-state index contributed by atoms with van der Waals surface area (Å²) in [6.45, 7) is 0. The number of hydrazine groups is 1. The zero-order valence-electron chi connectivity index (χ0n) is 12.7. The van der Waals surface area contributed by atoms with Gasteiger partial charge in [-0.2, -0.15) is 13.2 Å². The van der Waals surface area contributed by atoms with Crippen molar-refractivity contribution in [2.24, 2.45) is 5.14 Å². The molecular weight excluding hydrogens is 355 g/mol. The number of para-hydroxylation sites is 1. The van der Waals surface area contributed by atoms with Crippen molar-refractivity contribution in [1.29, 1.82) is 0 Å². The summed E-state index contributed by atoms with van der Waals surface area (Å²) < 4.78 is 62.0. The lowest BCUT2D eigenvalue weighted by Crippen LogP contribution is -2.44. The van der Waals surface area contributed by atoms with Crippen molar-refractivity contribution < 1.29 is 21.6 Å². The molecule has 0 aromatic heterocycles. The van der Waals surface area contributed by atoms with E-state index < -0.39 is 22.2 Å². The first-order valence-corrected chi connectivity index (χ1v) is 8.74. The van der Waals surface area contributed by atoms with Gasteiger partial charge in [-0.25, -0.2) is 19.0 Å². The summed E-state index contributed by atoms with van der Waals surface area (Å²) in [4.78, 5) is -0.110. The van der Waals surface area contributed by atoms with Crippen LogP contribution in [0.3, 0.4) is 0 Å². The second kappa shape index (κ2) is 6.17. The Morgan fingerprint density at radius 2 is 1.60 bits per heavy atom. The summed E-state index contributed by atoms with van der Waals surface area (Å²) in [5.41, 5.74) is 3.64. The summed E-state index contributed by atoms with van der Waals surface area (Å²) in [5, 5.41) is 6.37. The highest BCUT2D eigenvalue weighted by Crippen LogP contribution is 2.34. The van der Waals surface area contributed by atoms with Crippen LogP contribution in [0.1, 0.15) is 5.56 Å². The molecule has 0 aliphatic carbocycles. The number of primary sulfonamides is 1. The van der Waals surface area contributed by atoms with Gasteiger partial charge in [0.05, 0.1) is 16.3 Å². The Morgan fingerprint density at radius 1 is 1.00 bits per heavy atom. The van der Waals surface area contributed by atoms with E-state index in [0.717, 1.165) is 6.08 Å². The second-order valence-electron chi connectivity index (χ2n) is 5.44. The second-order valence-corrected chi connectivity index (χ2v) is 7.00. The molecule has 0 bridgehead atoms. The molecule has 25 heavy (non-hydrogen) atoms. The molecule has 1 heterocycles. The molecule has 132 valence electrons. The lowest BCUT2D eigenvalue weighted by molar-refractivity contribution is -0.142. The van der Waals surface area contributed by atoms with Gasteiger partial charge in [-0.1, -0.05) is 30.3 Å². The van der Waals surface area contributed by atoms with Crippen LogP contribution in [0.15, 0.2) is 65.6 Å². The zero-order chi connectivity index (χ0) is 18.2. The van der Waals surface area contributed by atoms with Gasteiger partial charge in [0.2, 0.25) is 10.0 Å². The third-order valence-electron chi connectivity index (χ3n) is 3.68. The molecule has 0 amide bonds. The molecule has 2 aromatic rings. The number of sulfonamides is 1. The van der Waals surface area contributed by atoms with Crippen molar-refractivity contribution >= 4 is 21.4 Å². The number of anilines is 1. The van der Waals surface area contributed by atoms with Crippen LogP contribution in [0.4, 0.5) is 18.9 Å². The van der Waals surface area contributed by atoms with E-state index in [-0.39, 0.29) is 10.6 Å². The van der Waals surface area contributed by atoms with Gasteiger partial charge in [0.15, 0.2) is 0 Å². The lowest BCUT2D eigenvalue weighted by atomic mass is 10.1. The summed E-state index contributed by atoms with van der Waals surface area (Å²) in [6.07, 6.45) is -3.41. The van der Waals surface area contributed by atoms with Crippen LogP contribution >= 0.6 is 0 Å². The van der Waals surface area contributed by atoms with Gasteiger partial charge in [-0.3, -0.25) is 5.01 Å². The normalized spacial score (nSPS) is 18.3. The summed E-state index contributed by atoms with van der Waals surface area (Å²) in [5.74, 6) is 0. The predicted octanol–water partition coefficient (Wildman–Crippen LogP) is 2.63. The number of alkyl halides is 3. The maximum absolute atomic E-state index is 13.1. The van der Waals surface area contributed by atoms with Crippen molar-refractivity contribution in [3.05, 3.63) is 66.2 Å². The number of benzene rings is 2. The van der Waals surface area contributed by atoms with Gasteiger partial charge >= 0.3 is 6.18 Å². The number of nitrogens with zero attached hydrogens (tertiary/aromatic N) is 1. The van der Waals surface area contributed by atoms with E-state index >= 15 is 0 Å². The first-order valence-electron chi connectivity index (χ1n) is 7.19. The number of hydrogen-bond donors (Lipinski definition) is 2. The fourth-order valence-electron chi connectivity index (χ4n) is 2.48. The van der Waals surface area contributed by atoms with Crippen LogP contribution in [-0.2, 0) is 10.0 Å². The minimum absolute atomic E-state index is 0.110. The van der Waals surface area contributed by atoms with E-state index in [4.69, 9.17) is 5.14 Å². The number of hydrogen-bond acceptors (Lipinski definition) is 4. The average molecular weight is 369 g/mol. The Hall–Kier alpha value is -2.36. The highest BCUT2D eigenvalue weighted by molar-refractivity contribution is 7.89. The van der Waals surface area contributed by atoms with E-state index in [2.05, 4.69) is 5.43 Å². The largest absolute Gasteiger partial charge is 0.409 e. The standard InChI is InChI=1S/C16H14F3N3O2S/c17-16(18,19)15-10-14(22(21-15)12-4-2-1-3-5-12)11-6-8-13(9-7-11)25(20,23)24/h1-10,15,21H,(H2,20,23,24). The maximum atomic E-state index is 13.1. The molecule has 3 N–H and O–H groups in total. The molecule has 0 saturated carbocycles. The van der Waals surface area contributed by atoms with Gasteiger partial charge < -0.3 is 0 Å². The van der Waals surface area contributed by atoms with Crippen LogP contribution in [-0.4, -0.2) is 20.6 Å². The number of nitrogens with two attached hydrogens (primary N) is 1. The number of rotatable bonds is 3. The number of halogens is 3. The van der Waals surface area contributed by atoms with Gasteiger partial charge in [0.25, 0.3) is 0 Å². The van der Waals surface area contributed by atoms with Crippen molar-refractivity contribution in [3.63, 3.8) is 0 Å². The van der Waals surface area contributed by atoms with Crippen LogP contribution in [0.25, 0.3) is 5.70 Å². The van der Waals surface area contributed by atoms with E-state index in [1.807, 2.05) is 0 Å². The molecular formula is C16H14F3N3O2S. The van der Waals surface area contributed by atoms with Crippen LogP contribution in [0.2, 0.25) is 0 Å². The first-order chi connectivity index (χ1) is 11.7. The zero-order valence-corrected chi connectivity index (χ0v) is 13.6. The van der Waals surface area contributed by atoms with Gasteiger partial charge in [0.1, 0.15) is 6.04 Å². The van der Waals surface area contributed by atoms with Crippen LogP contribution in [0.5, 0.6) is 0 Å². The number of nitrogens with one attached hydrogen (secondary N) is 1. The molecule has 1 atom stereocenters. The molecule has 0 spiro atoms. The monoisotopic (exact) mass is 369 g/mol. The van der Waals surface area contributed by atoms with E-state index in [9.17, 15) is 21.6 Å². The third kappa shape index (κ3) is 3.68. The molecule has 0 fully saturated rings. The minimum Gasteiger partial charge on any atom is -0.276 e. The summed E-state index contributed by atoms with van der Waals surface area (Å²) in [7, 11) is -3.87. The minimum atomic E-state index is -4.46.